The molecule has 8 heteroatoms. The van der Waals surface area contributed by atoms with Crippen molar-refractivity contribution in [1.29, 1.82) is 0 Å². The van der Waals surface area contributed by atoms with Gasteiger partial charge in [0.2, 0.25) is 5.89 Å². The summed E-state index contributed by atoms with van der Waals surface area (Å²) in [5, 5.41) is 2.27. The second-order valence-corrected chi connectivity index (χ2v) is 7.22. The van der Waals surface area contributed by atoms with Crippen LogP contribution in [0.4, 0.5) is 18.9 Å². The summed E-state index contributed by atoms with van der Waals surface area (Å²) in [4.78, 5) is 17.0. The number of carbonyl (C=O) groups excluding carboxylic acids is 1. The van der Waals surface area contributed by atoms with Crippen molar-refractivity contribution in [2.24, 2.45) is 0 Å². The number of alkyl halides is 3. The van der Waals surface area contributed by atoms with Gasteiger partial charge in [-0.3, -0.25) is 4.79 Å². The van der Waals surface area contributed by atoms with E-state index in [9.17, 15) is 18.0 Å². The molecule has 0 unspecified atom stereocenters. The van der Waals surface area contributed by atoms with Crippen LogP contribution in [0.3, 0.4) is 0 Å². The Bertz CT molecular complexity index is 1280. The molecule has 30 heavy (non-hydrogen) atoms. The Morgan fingerprint density at radius 3 is 2.53 bits per heavy atom. The second-order valence-electron chi connectivity index (χ2n) is 6.82. The van der Waals surface area contributed by atoms with Crippen molar-refractivity contribution >= 4 is 45.1 Å². The molecule has 0 bridgehead atoms. The molecule has 1 amide bonds. The van der Waals surface area contributed by atoms with Gasteiger partial charge in [0, 0.05) is 28.2 Å². The van der Waals surface area contributed by atoms with E-state index in [1.165, 1.54) is 19.1 Å². The molecule has 4 rings (SSSR count). The van der Waals surface area contributed by atoms with Crippen LogP contribution >= 0.6 is 11.6 Å². The molecule has 1 aromatic heterocycles. The lowest BCUT2D eigenvalue weighted by molar-refractivity contribution is -0.170. The third-order valence-electron chi connectivity index (χ3n) is 4.88. The fraction of sp³-hybridized carbons (Fsp3) is 0.182. The van der Waals surface area contributed by atoms with E-state index in [0.29, 0.717) is 38.0 Å². The molecule has 0 aliphatic carbocycles. The van der Waals surface area contributed by atoms with Crippen LogP contribution in [0.25, 0.3) is 33.3 Å². The predicted octanol–water partition coefficient (Wildman–Crippen LogP) is 6.53. The summed E-state index contributed by atoms with van der Waals surface area (Å²) in [6, 6.07) is 14.0. The van der Waals surface area contributed by atoms with Crippen LogP contribution in [0.5, 0.6) is 0 Å². The Balaban J connectivity index is 1.86. The molecule has 0 aliphatic heterocycles. The summed E-state index contributed by atoms with van der Waals surface area (Å²) in [5.41, 5.74) is 2.22. The van der Waals surface area contributed by atoms with Gasteiger partial charge in [0.15, 0.2) is 5.58 Å². The van der Waals surface area contributed by atoms with Gasteiger partial charge in [-0.1, -0.05) is 35.9 Å². The lowest BCUT2D eigenvalue weighted by atomic mass is 10.0. The molecule has 0 aliphatic rings. The molecule has 0 spiro atoms. The lowest BCUT2D eigenvalue weighted by Crippen LogP contribution is -2.41. The highest BCUT2D eigenvalue weighted by atomic mass is 35.5. The highest BCUT2D eigenvalue weighted by molar-refractivity contribution is 6.35. The molecule has 3 aromatic carbocycles. The Morgan fingerprint density at radius 1 is 1.13 bits per heavy atom. The van der Waals surface area contributed by atoms with E-state index in [4.69, 9.17) is 16.0 Å². The number of anilines is 1. The van der Waals surface area contributed by atoms with Gasteiger partial charge >= 0.3 is 12.1 Å². The van der Waals surface area contributed by atoms with Crippen LogP contribution in [0.15, 0.2) is 52.9 Å². The summed E-state index contributed by atoms with van der Waals surface area (Å²) in [7, 11) is 0. The van der Waals surface area contributed by atoms with Gasteiger partial charge in [-0.15, -0.1) is 0 Å². The van der Waals surface area contributed by atoms with Gasteiger partial charge < -0.3 is 9.32 Å². The number of halogens is 4. The van der Waals surface area contributed by atoms with E-state index in [0.717, 1.165) is 10.8 Å². The highest BCUT2D eigenvalue weighted by Crippen LogP contribution is 2.36. The van der Waals surface area contributed by atoms with Crippen LogP contribution in [-0.2, 0) is 4.79 Å². The van der Waals surface area contributed by atoms with Crippen molar-refractivity contribution in [2.45, 2.75) is 20.0 Å². The van der Waals surface area contributed by atoms with Gasteiger partial charge in [0.05, 0.1) is 0 Å². The third-order valence-corrected chi connectivity index (χ3v) is 5.20. The quantitative estimate of drug-likeness (QED) is 0.370. The SMILES string of the molecule is CCN(C(=O)C(F)(F)F)c1cc(C)c2oc(-c3cccc4c(Cl)cccc34)nc2c1. The monoisotopic (exact) mass is 432 g/mol. The average molecular weight is 433 g/mol. The number of nitrogens with zero attached hydrogens (tertiary/aromatic N) is 2. The summed E-state index contributed by atoms with van der Waals surface area (Å²) in [6.07, 6.45) is -4.96. The van der Waals surface area contributed by atoms with Crippen LogP contribution in [-0.4, -0.2) is 23.6 Å². The Kier molecular flexibility index (Phi) is 4.94. The standard InChI is InChI=1S/C22H16ClF3N2O2/c1-3-28(21(29)22(24,25)26)13-10-12(2)19-18(11-13)27-20(30-19)16-8-4-7-15-14(16)6-5-9-17(15)23/h4-11H,3H2,1-2H3. The van der Waals surface area contributed by atoms with Gasteiger partial charge in [0.1, 0.15) is 5.52 Å². The molecule has 0 N–H and O–H groups in total. The fourth-order valence-electron chi connectivity index (χ4n) is 3.51. The number of hydrogen-bond donors (Lipinski definition) is 0. The Labute approximate surface area is 174 Å². The van der Waals surface area contributed by atoms with Gasteiger partial charge in [-0.25, -0.2) is 4.98 Å². The molecular weight excluding hydrogens is 417 g/mol. The van der Waals surface area contributed by atoms with E-state index < -0.39 is 12.1 Å². The molecule has 0 saturated carbocycles. The van der Waals surface area contributed by atoms with Crippen molar-refractivity contribution in [3.8, 4) is 11.5 Å². The molecule has 0 saturated heterocycles. The molecule has 0 atom stereocenters. The topological polar surface area (TPSA) is 46.3 Å². The summed E-state index contributed by atoms with van der Waals surface area (Å²) in [5.74, 6) is -1.60. The molecule has 1 heterocycles. The minimum Gasteiger partial charge on any atom is -0.436 e. The first-order valence-corrected chi connectivity index (χ1v) is 9.56. The van der Waals surface area contributed by atoms with Crippen LogP contribution in [0, 0.1) is 6.92 Å². The minimum atomic E-state index is -4.96. The normalized spacial score (nSPS) is 11.9. The van der Waals surface area contributed by atoms with E-state index in [1.807, 2.05) is 30.3 Å². The van der Waals surface area contributed by atoms with Crippen LogP contribution in [0.2, 0.25) is 5.02 Å². The number of carbonyl (C=O) groups is 1. The molecule has 4 nitrogen and oxygen atoms in total. The first kappa shape index (κ1) is 20.2. The van der Waals surface area contributed by atoms with Crippen molar-refractivity contribution in [2.75, 3.05) is 11.4 Å². The second kappa shape index (κ2) is 7.32. The summed E-state index contributed by atoms with van der Waals surface area (Å²) >= 11 is 6.28. The highest BCUT2D eigenvalue weighted by Gasteiger charge is 2.42. The van der Waals surface area contributed by atoms with Gasteiger partial charge in [-0.2, -0.15) is 13.2 Å². The Hall–Kier alpha value is -3.06. The van der Waals surface area contributed by atoms with Crippen molar-refractivity contribution in [1.82, 2.24) is 4.98 Å². The first-order valence-electron chi connectivity index (χ1n) is 9.18. The van der Waals surface area contributed by atoms with Crippen LogP contribution < -0.4 is 4.90 Å². The first-order chi connectivity index (χ1) is 14.2. The van der Waals surface area contributed by atoms with Crippen molar-refractivity contribution < 1.29 is 22.4 Å². The molecular formula is C22H16ClF3N2O2. The molecule has 0 fully saturated rings. The maximum absolute atomic E-state index is 13.0. The number of hydrogen-bond acceptors (Lipinski definition) is 3. The number of rotatable bonds is 3. The molecule has 0 radical (unpaired) electrons. The van der Waals surface area contributed by atoms with Crippen LogP contribution in [0.1, 0.15) is 12.5 Å². The number of amides is 1. The predicted molar refractivity (Wildman–Crippen MR) is 111 cm³/mol. The van der Waals surface area contributed by atoms with Crippen molar-refractivity contribution in [3.05, 3.63) is 59.1 Å². The maximum atomic E-state index is 13.0. The largest absolute Gasteiger partial charge is 0.471 e. The zero-order chi connectivity index (χ0) is 21.6. The number of aromatic nitrogens is 1. The average Bonchev–Trinajstić information content (AvgIpc) is 3.12. The summed E-state index contributed by atoms with van der Waals surface area (Å²) < 4.78 is 44.8. The number of oxazole rings is 1. The fourth-order valence-corrected chi connectivity index (χ4v) is 3.74. The van der Waals surface area contributed by atoms with E-state index in [2.05, 4.69) is 4.98 Å². The molecule has 154 valence electrons. The number of aryl methyl sites for hydroxylation is 1. The van der Waals surface area contributed by atoms with Gasteiger partial charge in [0.25, 0.3) is 0 Å². The number of fused-ring (bicyclic) bond motifs is 2. The molecule has 4 aromatic rings. The van der Waals surface area contributed by atoms with E-state index >= 15 is 0 Å². The zero-order valence-electron chi connectivity index (χ0n) is 16.0. The minimum absolute atomic E-state index is 0.116. The number of benzene rings is 3. The van der Waals surface area contributed by atoms with E-state index in [1.54, 1.807) is 13.0 Å². The smallest absolute Gasteiger partial charge is 0.436 e. The maximum Gasteiger partial charge on any atom is 0.471 e. The zero-order valence-corrected chi connectivity index (χ0v) is 16.8. The third kappa shape index (κ3) is 3.39. The Morgan fingerprint density at radius 2 is 1.83 bits per heavy atom. The lowest BCUT2D eigenvalue weighted by Gasteiger charge is -2.22. The van der Waals surface area contributed by atoms with Crippen molar-refractivity contribution in [3.63, 3.8) is 0 Å². The van der Waals surface area contributed by atoms with Gasteiger partial charge in [-0.05, 0) is 49.1 Å². The van der Waals surface area contributed by atoms with E-state index in [-0.39, 0.29) is 12.2 Å². The summed E-state index contributed by atoms with van der Waals surface area (Å²) in [6.45, 7) is 3.06.